The van der Waals surface area contributed by atoms with Crippen LogP contribution in [0.5, 0.6) is 0 Å². The van der Waals surface area contributed by atoms with Gasteiger partial charge in [-0.15, -0.1) is 11.3 Å². The Balaban J connectivity index is 1.77. The number of halogens is 2. The number of hydrogen-bond donors (Lipinski definition) is 0. The quantitative estimate of drug-likeness (QED) is 0.525. The molecule has 0 saturated carbocycles. The third-order valence-electron chi connectivity index (χ3n) is 4.06. The number of anilines is 1. The molecule has 2 nitrogen and oxygen atoms in total. The highest BCUT2D eigenvalue weighted by molar-refractivity contribution is 9.10. The molecule has 0 aliphatic carbocycles. The highest BCUT2D eigenvalue weighted by Crippen LogP contribution is 2.39. The number of thiophene rings is 1. The van der Waals surface area contributed by atoms with Gasteiger partial charge in [0.25, 0.3) is 0 Å². The van der Waals surface area contributed by atoms with Gasteiger partial charge in [-0.2, -0.15) is 5.10 Å². The fourth-order valence-electron chi connectivity index (χ4n) is 2.89. The fraction of sp³-hybridized carbons (Fsp3) is 0.105. The molecule has 120 valence electrons. The van der Waals surface area contributed by atoms with Gasteiger partial charge in [0, 0.05) is 15.8 Å². The van der Waals surface area contributed by atoms with E-state index < -0.39 is 0 Å². The molecule has 0 spiro atoms. The average Bonchev–Trinajstić information content (AvgIpc) is 3.25. The molecule has 2 aromatic carbocycles. The minimum Gasteiger partial charge on any atom is -0.254 e. The Morgan fingerprint density at radius 3 is 2.54 bits per heavy atom. The predicted molar refractivity (Wildman–Crippen MR) is 101 cm³/mol. The predicted octanol–water partition coefficient (Wildman–Crippen LogP) is 6.01. The van der Waals surface area contributed by atoms with Gasteiger partial charge in [0.1, 0.15) is 5.82 Å². The molecule has 0 amide bonds. The van der Waals surface area contributed by atoms with Gasteiger partial charge in [-0.25, -0.2) is 4.39 Å². The van der Waals surface area contributed by atoms with Crippen molar-refractivity contribution in [3.05, 3.63) is 86.8 Å². The van der Waals surface area contributed by atoms with Gasteiger partial charge in [-0.3, -0.25) is 5.01 Å². The van der Waals surface area contributed by atoms with Crippen LogP contribution < -0.4 is 5.01 Å². The Bertz CT molecular complexity index is 875. The minimum absolute atomic E-state index is 0.0283. The number of benzene rings is 2. The van der Waals surface area contributed by atoms with E-state index in [0.717, 1.165) is 22.2 Å². The Labute approximate surface area is 152 Å². The van der Waals surface area contributed by atoms with E-state index in [1.54, 1.807) is 23.5 Å². The summed E-state index contributed by atoms with van der Waals surface area (Å²) < 4.78 is 15.4. The number of hydrazone groups is 1. The van der Waals surface area contributed by atoms with Crippen molar-refractivity contribution in [1.82, 2.24) is 0 Å². The maximum absolute atomic E-state index is 14.3. The summed E-state index contributed by atoms with van der Waals surface area (Å²) in [4.78, 5) is 1.19. The third kappa shape index (κ3) is 2.89. The van der Waals surface area contributed by atoms with Gasteiger partial charge in [0.05, 0.1) is 17.4 Å². The zero-order chi connectivity index (χ0) is 16.5. The van der Waals surface area contributed by atoms with Crippen molar-refractivity contribution in [3.63, 3.8) is 0 Å². The highest BCUT2D eigenvalue weighted by Gasteiger charge is 2.31. The van der Waals surface area contributed by atoms with Gasteiger partial charge in [-0.05, 0) is 41.3 Å². The molecule has 3 aromatic rings. The topological polar surface area (TPSA) is 15.6 Å². The lowest BCUT2D eigenvalue weighted by molar-refractivity contribution is 0.608. The van der Waals surface area contributed by atoms with Crippen LogP contribution in [0, 0.1) is 5.82 Å². The summed E-state index contributed by atoms with van der Waals surface area (Å²) in [6.07, 6.45) is 0.760. The summed E-state index contributed by atoms with van der Waals surface area (Å²) in [6.45, 7) is 0. The van der Waals surface area contributed by atoms with Gasteiger partial charge >= 0.3 is 0 Å². The second kappa shape index (κ2) is 6.49. The average molecular weight is 401 g/mol. The number of hydrogen-bond acceptors (Lipinski definition) is 3. The van der Waals surface area contributed by atoms with Crippen LogP contribution in [0.25, 0.3) is 0 Å². The zero-order valence-electron chi connectivity index (χ0n) is 12.7. The summed E-state index contributed by atoms with van der Waals surface area (Å²) in [5.74, 6) is -0.250. The number of rotatable bonds is 3. The summed E-state index contributed by atoms with van der Waals surface area (Å²) in [7, 11) is 0. The van der Waals surface area contributed by atoms with E-state index >= 15 is 0 Å². The van der Waals surface area contributed by atoms with Crippen molar-refractivity contribution in [2.75, 3.05) is 5.01 Å². The van der Waals surface area contributed by atoms with Crippen molar-refractivity contribution >= 4 is 38.7 Å². The molecule has 0 bridgehead atoms. The van der Waals surface area contributed by atoms with Crippen molar-refractivity contribution in [2.45, 2.75) is 12.5 Å². The maximum atomic E-state index is 14.3. The molecule has 0 N–H and O–H groups in total. The molecule has 1 unspecified atom stereocenters. The second-order valence-electron chi connectivity index (χ2n) is 5.58. The molecule has 0 fully saturated rings. The molecule has 1 aliphatic rings. The molecule has 24 heavy (non-hydrogen) atoms. The smallest absolute Gasteiger partial charge is 0.148 e. The number of para-hydroxylation sites is 1. The Hall–Kier alpha value is -1.98. The zero-order valence-corrected chi connectivity index (χ0v) is 15.1. The first kappa shape index (κ1) is 15.5. The molecule has 0 saturated heterocycles. The van der Waals surface area contributed by atoms with E-state index in [2.05, 4.69) is 22.0 Å². The monoisotopic (exact) mass is 400 g/mol. The SMILES string of the molecule is Fc1ccccc1N1N=C(c2ccc(Br)cc2)CC1c1cccs1. The summed E-state index contributed by atoms with van der Waals surface area (Å²) in [6, 6.07) is 19.0. The van der Waals surface area contributed by atoms with Crippen LogP contribution in [0.3, 0.4) is 0 Å². The largest absolute Gasteiger partial charge is 0.254 e. The molecule has 1 aromatic heterocycles. The first-order chi connectivity index (χ1) is 11.7. The molecular formula is C19H14BrFN2S. The van der Waals surface area contributed by atoms with Crippen LogP contribution in [0.4, 0.5) is 10.1 Å². The van der Waals surface area contributed by atoms with Crippen molar-refractivity contribution in [2.24, 2.45) is 5.10 Å². The molecular weight excluding hydrogens is 387 g/mol. The van der Waals surface area contributed by atoms with Crippen LogP contribution in [-0.2, 0) is 0 Å². The van der Waals surface area contributed by atoms with Crippen molar-refractivity contribution in [1.29, 1.82) is 0 Å². The molecule has 1 aliphatic heterocycles. The highest BCUT2D eigenvalue weighted by atomic mass is 79.9. The van der Waals surface area contributed by atoms with Gasteiger partial charge in [0.15, 0.2) is 0 Å². The summed E-state index contributed by atoms with van der Waals surface area (Å²) in [5, 5.41) is 8.62. The Morgan fingerprint density at radius 1 is 1.04 bits per heavy atom. The van der Waals surface area contributed by atoms with Crippen LogP contribution in [0.1, 0.15) is 22.9 Å². The first-order valence-electron chi connectivity index (χ1n) is 7.63. The fourth-order valence-corrected chi connectivity index (χ4v) is 3.97. The van der Waals surface area contributed by atoms with Crippen molar-refractivity contribution in [3.8, 4) is 0 Å². The minimum atomic E-state index is -0.250. The lowest BCUT2D eigenvalue weighted by Gasteiger charge is -2.22. The van der Waals surface area contributed by atoms with Crippen LogP contribution in [0.15, 0.2) is 75.6 Å². The Morgan fingerprint density at radius 2 is 1.83 bits per heavy atom. The maximum Gasteiger partial charge on any atom is 0.148 e. The van der Waals surface area contributed by atoms with E-state index in [-0.39, 0.29) is 11.9 Å². The standard InChI is InChI=1S/C19H14BrFN2S/c20-14-9-7-13(8-10-14)16-12-18(19-6-3-11-24-19)23(22-16)17-5-2-1-4-15(17)21/h1-11,18H,12H2. The van der Waals surface area contributed by atoms with E-state index in [1.807, 2.05) is 46.8 Å². The summed E-state index contributed by atoms with van der Waals surface area (Å²) in [5.41, 5.74) is 2.56. The molecule has 2 heterocycles. The Kier molecular flexibility index (Phi) is 4.21. The van der Waals surface area contributed by atoms with Gasteiger partial charge in [-0.1, -0.05) is 46.3 Å². The van der Waals surface area contributed by atoms with Crippen LogP contribution >= 0.6 is 27.3 Å². The van der Waals surface area contributed by atoms with Crippen LogP contribution in [-0.4, -0.2) is 5.71 Å². The molecule has 1 atom stereocenters. The lowest BCUT2D eigenvalue weighted by atomic mass is 10.0. The van der Waals surface area contributed by atoms with E-state index in [9.17, 15) is 4.39 Å². The van der Waals surface area contributed by atoms with Crippen molar-refractivity contribution < 1.29 is 4.39 Å². The molecule has 5 heteroatoms. The first-order valence-corrected chi connectivity index (χ1v) is 9.30. The lowest BCUT2D eigenvalue weighted by Crippen LogP contribution is -2.18. The third-order valence-corrected chi connectivity index (χ3v) is 5.56. The van der Waals surface area contributed by atoms with E-state index in [0.29, 0.717) is 5.69 Å². The molecule has 0 radical (unpaired) electrons. The van der Waals surface area contributed by atoms with E-state index in [1.165, 1.54) is 10.9 Å². The van der Waals surface area contributed by atoms with Gasteiger partial charge < -0.3 is 0 Å². The molecule has 4 rings (SSSR count). The number of nitrogens with zero attached hydrogens (tertiary/aromatic N) is 2. The summed E-state index contributed by atoms with van der Waals surface area (Å²) >= 11 is 5.14. The van der Waals surface area contributed by atoms with Crippen LogP contribution in [0.2, 0.25) is 0 Å². The second-order valence-corrected chi connectivity index (χ2v) is 7.48. The van der Waals surface area contributed by atoms with Gasteiger partial charge in [0.2, 0.25) is 0 Å². The van der Waals surface area contributed by atoms with E-state index in [4.69, 9.17) is 5.10 Å². The normalized spacial score (nSPS) is 17.2.